The molecule has 2 rings (SSSR count). The van der Waals surface area contributed by atoms with Gasteiger partial charge in [-0.1, -0.05) is 25.1 Å². The van der Waals surface area contributed by atoms with E-state index in [0.29, 0.717) is 11.7 Å². The molecule has 1 N–H and O–H groups in total. The lowest BCUT2D eigenvalue weighted by molar-refractivity contribution is -0.137. The van der Waals surface area contributed by atoms with Crippen molar-refractivity contribution in [2.24, 2.45) is 0 Å². The van der Waals surface area contributed by atoms with Crippen LogP contribution in [0.4, 0.5) is 13.2 Å². The molecule has 0 bridgehead atoms. The largest absolute Gasteiger partial charge is 0.416 e. The summed E-state index contributed by atoms with van der Waals surface area (Å²) in [5.41, 5.74) is 0.202. The van der Waals surface area contributed by atoms with Crippen LogP contribution in [0.5, 0.6) is 0 Å². The van der Waals surface area contributed by atoms with E-state index < -0.39 is 11.7 Å². The van der Waals surface area contributed by atoms with Crippen LogP contribution in [-0.2, 0) is 12.6 Å². The minimum atomic E-state index is -4.26. The highest BCUT2D eigenvalue weighted by Gasteiger charge is 2.31. The fraction of sp³-hybridized carbons (Fsp3) is 0.600. The zero-order valence-corrected chi connectivity index (χ0v) is 13.6. The zero-order valence-electron chi connectivity index (χ0n) is 12.0. The Labute approximate surface area is 132 Å². The van der Waals surface area contributed by atoms with Crippen molar-refractivity contribution in [1.29, 1.82) is 0 Å². The Morgan fingerprint density at radius 3 is 2.76 bits per heavy atom. The number of hydrogen-bond donors (Lipinski definition) is 1. The molecular weight excluding hydrogens is 315 g/mol. The summed E-state index contributed by atoms with van der Waals surface area (Å²) in [6, 6.07) is 5.95. The number of benzene rings is 1. The van der Waals surface area contributed by atoms with Crippen molar-refractivity contribution in [3.05, 3.63) is 35.4 Å². The average Bonchev–Trinajstić information content (AvgIpc) is 2.47. The summed E-state index contributed by atoms with van der Waals surface area (Å²) < 4.78 is 38.4. The van der Waals surface area contributed by atoms with E-state index in [2.05, 4.69) is 5.32 Å². The van der Waals surface area contributed by atoms with Crippen LogP contribution in [0.2, 0.25) is 0 Å². The van der Waals surface area contributed by atoms with Crippen molar-refractivity contribution in [3.63, 3.8) is 0 Å². The van der Waals surface area contributed by atoms with Gasteiger partial charge in [-0.25, -0.2) is 0 Å². The van der Waals surface area contributed by atoms with Crippen molar-refractivity contribution in [3.8, 4) is 0 Å². The molecule has 6 heteroatoms. The maximum Gasteiger partial charge on any atom is 0.416 e. The quantitative estimate of drug-likeness (QED) is 0.871. The topological polar surface area (TPSA) is 12.0 Å². The van der Waals surface area contributed by atoms with Gasteiger partial charge in [0.15, 0.2) is 0 Å². The second-order valence-corrected chi connectivity index (χ2v) is 7.55. The Hall–Kier alpha value is -0.330. The second-order valence-electron chi connectivity index (χ2n) is 5.05. The maximum atomic E-state index is 12.8. The van der Waals surface area contributed by atoms with Gasteiger partial charge in [0.25, 0.3) is 0 Å². The summed E-state index contributed by atoms with van der Waals surface area (Å²) in [6.07, 6.45) is -3.62. The molecule has 1 fully saturated rings. The minimum absolute atomic E-state index is 0.233. The summed E-state index contributed by atoms with van der Waals surface area (Å²) in [7, 11) is 0. The van der Waals surface area contributed by atoms with Crippen LogP contribution in [-0.4, -0.2) is 35.1 Å². The summed E-state index contributed by atoms with van der Waals surface area (Å²) in [5.74, 6) is 3.37. The molecule has 2 atom stereocenters. The minimum Gasteiger partial charge on any atom is -0.313 e. The van der Waals surface area contributed by atoms with Gasteiger partial charge in [0, 0.05) is 28.6 Å². The van der Waals surface area contributed by atoms with E-state index in [9.17, 15) is 13.2 Å². The highest BCUT2D eigenvalue weighted by atomic mass is 32.2. The standard InChI is InChI=1S/C15H20F3NS2/c1-2-19-13(14-10-20-6-7-21-14)9-11-4-3-5-12(8-11)15(16,17)18/h3-5,8,13-14,19H,2,6-7,9-10H2,1H3. The Morgan fingerprint density at radius 2 is 2.14 bits per heavy atom. The highest BCUT2D eigenvalue weighted by Crippen LogP contribution is 2.31. The number of likely N-dealkylation sites (N-methyl/N-ethyl adjacent to an activating group) is 1. The second kappa shape index (κ2) is 7.79. The molecule has 21 heavy (non-hydrogen) atoms. The van der Waals surface area contributed by atoms with Crippen LogP contribution < -0.4 is 5.32 Å². The number of alkyl halides is 3. The van der Waals surface area contributed by atoms with Gasteiger partial charge in [-0.2, -0.15) is 36.7 Å². The smallest absolute Gasteiger partial charge is 0.313 e. The molecule has 1 aliphatic rings. The van der Waals surface area contributed by atoms with Crippen LogP contribution in [0.3, 0.4) is 0 Å². The molecule has 1 aromatic rings. The number of halogens is 3. The van der Waals surface area contributed by atoms with Crippen LogP contribution in [0.15, 0.2) is 24.3 Å². The number of hydrogen-bond acceptors (Lipinski definition) is 3. The third-order valence-electron chi connectivity index (χ3n) is 3.47. The molecule has 0 aromatic heterocycles. The Morgan fingerprint density at radius 1 is 1.33 bits per heavy atom. The van der Waals surface area contributed by atoms with Crippen LogP contribution in [0, 0.1) is 0 Å². The van der Waals surface area contributed by atoms with Gasteiger partial charge in [-0.15, -0.1) is 0 Å². The number of thioether (sulfide) groups is 2. The predicted octanol–water partition coefficient (Wildman–Crippen LogP) is 4.07. The van der Waals surface area contributed by atoms with Crippen LogP contribution >= 0.6 is 23.5 Å². The van der Waals surface area contributed by atoms with Gasteiger partial charge in [-0.3, -0.25) is 0 Å². The molecule has 1 saturated heterocycles. The van der Waals surface area contributed by atoms with Gasteiger partial charge < -0.3 is 5.32 Å². The van der Waals surface area contributed by atoms with E-state index in [1.54, 1.807) is 6.07 Å². The zero-order chi connectivity index (χ0) is 15.3. The Balaban J connectivity index is 2.09. The Kier molecular flexibility index (Phi) is 6.32. The van der Waals surface area contributed by atoms with Gasteiger partial charge in [0.1, 0.15) is 0 Å². The van der Waals surface area contributed by atoms with E-state index >= 15 is 0 Å². The summed E-state index contributed by atoms with van der Waals surface area (Å²) >= 11 is 3.87. The molecule has 2 unspecified atom stereocenters. The lowest BCUT2D eigenvalue weighted by Gasteiger charge is -2.30. The van der Waals surface area contributed by atoms with E-state index in [1.807, 2.05) is 30.4 Å². The Bertz CT molecular complexity index is 445. The molecular formula is C15H20F3NS2. The van der Waals surface area contributed by atoms with E-state index in [-0.39, 0.29) is 6.04 Å². The first-order valence-corrected chi connectivity index (χ1v) is 9.30. The molecule has 1 aliphatic heterocycles. The molecule has 1 nitrogen and oxygen atoms in total. The number of nitrogens with one attached hydrogen (secondary N) is 1. The molecule has 1 heterocycles. The molecule has 0 saturated carbocycles. The molecule has 0 radical (unpaired) electrons. The SMILES string of the molecule is CCNC(Cc1cccc(C(F)(F)F)c1)C1CSCCS1. The van der Waals surface area contributed by atoms with Gasteiger partial charge in [0.2, 0.25) is 0 Å². The summed E-state index contributed by atoms with van der Waals surface area (Å²) in [4.78, 5) is 0. The summed E-state index contributed by atoms with van der Waals surface area (Å²) in [6.45, 7) is 2.88. The van der Waals surface area contributed by atoms with Crippen molar-refractivity contribution in [1.82, 2.24) is 5.32 Å². The third-order valence-corrected chi connectivity index (χ3v) is 6.39. The predicted molar refractivity (Wildman–Crippen MR) is 86.2 cm³/mol. The first-order chi connectivity index (χ1) is 10.0. The molecule has 0 spiro atoms. The van der Waals surface area contributed by atoms with Gasteiger partial charge >= 0.3 is 6.18 Å². The first kappa shape index (κ1) is 17.0. The van der Waals surface area contributed by atoms with Gasteiger partial charge in [0.05, 0.1) is 5.56 Å². The van der Waals surface area contributed by atoms with E-state index in [1.165, 1.54) is 17.9 Å². The van der Waals surface area contributed by atoms with Crippen molar-refractivity contribution >= 4 is 23.5 Å². The first-order valence-electron chi connectivity index (χ1n) is 7.09. The van der Waals surface area contributed by atoms with Crippen molar-refractivity contribution in [2.45, 2.75) is 30.8 Å². The van der Waals surface area contributed by atoms with Crippen LogP contribution in [0.25, 0.3) is 0 Å². The molecule has 1 aromatic carbocycles. The van der Waals surface area contributed by atoms with Crippen LogP contribution in [0.1, 0.15) is 18.1 Å². The monoisotopic (exact) mass is 335 g/mol. The third kappa shape index (κ3) is 5.11. The lowest BCUT2D eigenvalue weighted by Crippen LogP contribution is -2.42. The molecule has 0 amide bonds. The highest BCUT2D eigenvalue weighted by molar-refractivity contribution is 8.06. The fourth-order valence-corrected chi connectivity index (χ4v) is 5.35. The van der Waals surface area contributed by atoms with Crippen molar-refractivity contribution < 1.29 is 13.2 Å². The van der Waals surface area contributed by atoms with E-state index in [0.717, 1.165) is 29.7 Å². The molecule has 118 valence electrons. The maximum absolute atomic E-state index is 12.8. The lowest BCUT2D eigenvalue weighted by atomic mass is 10.0. The van der Waals surface area contributed by atoms with E-state index in [4.69, 9.17) is 0 Å². The summed E-state index contributed by atoms with van der Waals surface area (Å²) in [5, 5.41) is 3.91. The normalized spacial score (nSPS) is 21.2. The molecule has 0 aliphatic carbocycles. The van der Waals surface area contributed by atoms with Gasteiger partial charge in [-0.05, 0) is 24.6 Å². The average molecular weight is 335 g/mol. The fourth-order valence-electron chi connectivity index (χ4n) is 2.46. The number of rotatable bonds is 5. The van der Waals surface area contributed by atoms with Crippen molar-refractivity contribution in [2.75, 3.05) is 23.8 Å².